The molecule has 1 aliphatic rings. The van der Waals surface area contributed by atoms with Gasteiger partial charge in [-0.3, -0.25) is 0 Å². The molecule has 0 aliphatic carbocycles. The maximum atomic E-state index is 12.7. The molecule has 1 N–H and O–H groups in total. The lowest BCUT2D eigenvalue weighted by atomic mass is 9.87. The number of anilines is 1. The second-order valence-corrected chi connectivity index (χ2v) is 9.45. The number of hydrogen-bond acceptors (Lipinski definition) is 2. The third kappa shape index (κ3) is 4.35. The van der Waals surface area contributed by atoms with Crippen molar-refractivity contribution in [2.45, 2.75) is 52.5 Å². The van der Waals surface area contributed by atoms with Crippen LogP contribution in [-0.2, 0) is 12.0 Å². The Morgan fingerprint density at radius 2 is 1.73 bits per heavy atom. The third-order valence-electron chi connectivity index (χ3n) is 6.19. The van der Waals surface area contributed by atoms with E-state index in [1.54, 1.807) is 0 Å². The monoisotopic (exact) mass is 404 g/mol. The van der Waals surface area contributed by atoms with Gasteiger partial charge in [0.15, 0.2) is 0 Å². The molecule has 5 heteroatoms. The van der Waals surface area contributed by atoms with Crippen LogP contribution >= 0.6 is 0 Å². The number of aromatic nitrogens is 2. The Morgan fingerprint density at radius 1 is 1.07 bits per heavy atom. The highest BCUT2D eigenvalue weighted by molar-refractivity contribution is 5.89. The number of nitrogens with one attached hydrogen (secondary N) is 1. The summed E-state index contributed by atoms with van der Waals surface area (Å²) in [6.07, 6.45) is 2.03. The van der Waals surface area contributed by atoms with Gasteiger partial charge in [0.2, 0.25) is 0 Å². The molecule has 2 amide bonds. The summed E-state index contributed by atoms with van der Waals surface area (Å²) in [5.41, 5.74) is 4.50. The molecule has 1 saturated heterocycles. The smallest absolute Gasteiger partial charge is 0.321 e. The van der Waals surface area contributed by atoms with Gasteiger partial charge in [-0.1, -0.05) is 45.0 Å². The summed E-state index contributed by atoms with van der Waals surface area (Å²) in [5.74, 6) is 1.63. The second kappa shape index (κ2) is 8.13. The fourth-order valence-corrected chi connectivity index (χ4v) is 4.26. The quantitative estimate of drug-likeness (QED) is 0.619. The van der Waals surface area contributed by atoms with Crippen molar-refractivity contribution in [2.75, 3.05) is 18.4 Å². The number of rotatable bonds is 3. The van der Waals surface area contributed by atoms with Crippen LogP contribution < -0.4 is 5.32 Å². The lowest BCUT2D eigenvalue weighted by molar-refractivity contribution is 0.177. The number of fused-ring (bicyclic) bond motifs is 1. The summed E-state index contributed by atoms with van der Waals surface area (Å²) in [6, 6.07) is 16.5. The number of benzene rings is 2. The van der Waals surface area contributed by atoms with E-state index in [0.29, 0.717) is 5.92 Å². The van der Waals surface area contributed by atoms with Gasteiger partial charge in [0.05, 0.1) is 11.0 Å². The molecule has 0 saturated carbocycles. The van der Waals surface area contributed by atoms with E-state index in [1.807, 2.05) is 23.1 Å². The molecule has 1 aliphatic heterocycles. The summed E-state index contributed by atoms with van der Waals surface area (Å²) in [5, 5.41) is 3.06. The molecule has 30 heavy (non-hydrogen) atoms. The molecule has 0 bridgehead atoms. The minimum absolute atomic E-state index is 0.00113. The summed E-state index contributed by atoms with van der Waals surface area (Å²) >= 11 is 0. The van der Waals surface area contributed by atoms with E-state index in [9.17, 15) is 4.79 Å². The van der Waals surface area contributed by atoms with Gasteiger partial charge in [-0.2, -0.15) is 0 Å². The number of para-hydroxylation sites is 2. The Hall–Kier alpha value is -2.82. The van der Waals surface area contributed by atoms with Crippen molar-refractivity contribution in [1.82, 2.24) is 14.5 Å². The fourth-order valence-electron chi connectivity index (χ4n) is 4.26. The number of carbonyl (C=O) groups excluding carboxylic acids is 1. The van der Waals surface area contributed by atoms with Crippen LogP contribution in [0.4, 0.5) is 10.5 Å². The number of piperidine rings is 1. The first-order chi connectivity index (χ1) is 14.3. The predicted molar refractivity (Wildman–Crippen MR) is 123 cm³/mol. The van der Waals surface area contributed by atoms with Gasteiger partial charge >= 0.3 is 6.03 Å². The lowest BCUT2D eigenvalue weighted by Gasteiger charge is -2.32. The molecule has 0 atom stereocenters. The molecule has 0 spiro atoms. The van der Waals surface area contributed by atoms with E-state index < -0.39 is 0 Å². The molecular weight excluding hydrogens is 372 g/mol. The van der Waals surface area contributed by atoms with Crippen molar-refractivity contribution in [2.24, 2.45) is 5.92 Å². The highest BCUT2D eigenvalue weighted by atomic mass is 16.2. The number of hydrogen-bond donors (Lipinski definition) is 1. The van der Waals surface area contributed by atoms with Crippen molar-refractivity contribution < 1.29 is 4.79 Å². The van der Waals surface area contributed by atoms with Gasteiger partial charge in [-0.15, -0.1) is 0 Å². The molecule has 2 aromatic carbocycles. The molecule has 3 aromatic rings. The van der Waals surface area contributed by atoms with Crippen LogP contribution in [0.25, 0.3) is 11.0 Å². The molecule has 5 nitrogen and oxygen atoms in total. The van der Waals surface area contributed by atoms with Crippen LogP contribution in [0.15, 0.2) is 48.5 Å². The number of likely N-dealkylation sites (tertiary alicyclic amines) is 1. The van der Waals surface area contributed by atoms with Gasteiger partial charge in [-0.25, -0.2) is 9.78 Å². The van der Waals surface area contributed by atoms with E-state index >= 15 is 0 Å². The molecule has 1 fully saturated rings. The number of imidazole rings is 1. The first-order valence-corrected chi connectivity index (χ1v) is 10.9. The van der Waals surface area contributed by atoms with Crippen molar-refractivity contribution >= 4 is 22.8 Å². The number of carbonyl (C=O) groups is 1. The normalized spacial score (nSPS) is 15.5. The Labute approximate surface area is 179 Å². The van der Waals surface area contributed by atoms with E-state index in [-0.39, 0.29) is 11.4 Å². The summed E-state index contributed by atoms with van der Waals surface area (Å²) < 4.78 is 2.33. The molecule has 0 radical (unpaired) electrons. The van der Waals surface area contributed by atoms with Gasteiger partial charge in [-0.05, 0) is 60.9 Å². The largest absolute Gasteiger partial charge is 0.328 e. The number of amides is 2. The van der Waals surface area contributed by atoms with Crippen LogP contribution in [0.3, 0.4) is 0 Å². The van der Waals surface area contributed by atoms with Gasteiger partial charge in [0.25, 0.3) is 0 Å². The SMILES string of the molecule is Cc1nc2ccccc2n1CC1CCN(C(=O)Nc2ccc(C(C)(C)C)cc2)CC1. The minimum atomic E-state index is 0.00113. The molecule has 4 rings (SSSR count). The molecular formula is C25H32N4O. The average Bonchev–Trinajstić information content (AvgIpc) is 3.03. The first kappa shape index (κ1) is 20.5. The Balaban J connectivity index is 1.33. The molecule has 1 aromatic heterocycles. The summed E-state index contributed by atoms with van der Waals surface area (Å²) in [4.78, 5) is 19.3. The highest BCUT2D eigenvalue weighted by Crippen LogP contribution is 2.25. The van der Waals surface area contributed by atoms with E-state index in [1.165, 1.54) is 11.1 Å². The third-order valence-corrected chi connectivity index (χ3v) is 6.19. The zero-order valence-electron chi connectivity index (χ0n) is 18.5. The maximum Gasteiger partial charge on any atom is 0.321 e. The highest BCUT2D eigenvalue weighted by Gasteiger charge is 2.24. The number of nitrogens with zero attached hydrogens (tertiary/aromatic N) is 3. The zero-order chi connectivity index (χ0) is 21.3. The predicted octanol–water partition coefficient (Wildman–Crippen LogP) is 5.59. The van der Waals surface area contributed by atoms with E-state index in [4.69, 9.17) is 0 Å². The zero-order valence-corrected chi connectivity index (χ0v) is 18.5. The van der Waals surface area contributed by atoms with Gasteiger partial charge in [0, 0.05) is 25.3 Å². The second-order valence-electron chi connectivity index (χ2n) is 9.45. The van der Waals surface area contributed by atoms with Crippen LogP contribution in [0.2, 0.25) is 0 Å². The summed E-state index contributed by atoms with van der Waals surface area (Å²) in [7, 11) is 0. The molecule has 0 unspecified atom stereocenters. The van der Waals surface area contributed by atoms with Crippen LogP contribution in [0.5, 0.6) is 0 Å². The Kier molecular flexibility index (Phi) is 5.54. The van der Waals surface area contributed by atoms with E-state index in [0.717, 1.165) is 49.5 Å². The number of aryl methyl sites for hydroxylation is 1. The molecule has 158 valence electrons. The minimum Gasteiger partial charge on any atom is -0.328 e. The van der Waals surface area contributed by atoms with Crippen molar-refractivity contribution in [3.05, 3.63) is 59.9 Å². The Bertz CT molecular complexity index is 1020. The average molecular weight is 405 g/mol. The van der Waals surface area contributed by atoms with Gasteiger partial charge < -0.3 is 14.8 Å². The van der Waals surface area contributed by atoms with Gasteiger partial charge in [0.1, 0.15) is 5.82 Å². The van der Waals surface area contributed by atoms with Crippen LogP contribution in [0.1, 0.15) is 45.0 Å². The summed E-state index contributed by atoms with van der Waals surface area (Å²) in [6.45, 7) is 11.2. The Morgan fingerprint density at radius 3 is 2.40 bits per heavy atom. The number of urea groups is 1. The lowest BCUT2D eigenvalue weighted by Crippen LogP contribution is -2.41. The van der Waals surface area contributed by atoms with Crippen molar-refractivity contribution in [3.8, 4) is 0 Å². The van der Waals surface area contributed by atoms with Crippen LogP contribution in [0, 0.1) is 12.8 Å². The standard InChI is InChI=1S/C25H32N4O/c1-18-26-22-7-5-6-8-23(22)29(18)17-19-13-15-28(16-14-19)24(30)27-21-11-9-20(10-12-21)25(2,3)4/h5-12,19H,13-17H2,1-4H3,(H,27,30). The van der Waals surface area contributed by atoms with Crippen molar-refractivity contribution in [3.63, 3.8) is 0 Å². The first-order valence-electron chi connectivity index (χ1n) is 10.9. The van der Waals surface area contributed by atoms with Crippen LogP contribution in [-0.4, -0.2) is 33.6 Å². The van der Waals surface area contributed by atoms with Crippen molar-refractivity contribution in [1.29, 1.82) is 0 Å². The topological polar surface area (TPSA) is 50.2 Å². The van der Waals surface area contributed by atoms with E-state index in [2.05, 4.69) is 72.9 Å². The fraction of sp³-hybridized carbons (Fsp3) is 0.440. The molecule has 2 heterocycles. The maximum absolute atomic E-state index is 12.7.